The van der Waals surface area contributed by atoms with Gasteiger partial charge in [0.1, 0.15) is 12.6 Å². The number of amides is 4. The lowest BCUT2D eigenvalue weighted by molar-refractivity contribution is -0.125. The largest absolute Gasteiger partial charge is 0.370 e. The Morgan fingerprint density at radius 3 is 2.64 bits per heavy atom. The van der Waals surface area contributed by atoms with Gasteiger partial charge in [-0.3, -0.25) is 9.59 Å². The summed E-state index contributed by atoms with van der Waals surface area (Å²) in [6.07, 6.45) is 0. The molecular formula is C16H23N5O4. The van der Waals surface area contributed by atoms with Crippen molar-refractivity contribution in [2.45, 2.75) is 13.0 Å². The van der Waals surface area contributed by atoms with Crippen LogP contribution in [0.15, 0.2) is 24.3 Å². The van der Waals surface area contributed by atoms with Gasteiger partial charge in [0.25, 0.3) is 5.91 Å². The van der Waals surface area contributed by atoms with Gasteiger partial charge in [-0.2, -0.15) is 0 Å². The molecule has 1 aromatic carbocycles. The molecule has 1 saturated heterocycles. The van der Waals surface area contributed by atoms with Gasteiger partial charge in [0, 0.05) is 31.0 Å². The van der Waals surface area contributed by atoms with Gasteiger partial charge in [0.05, 0.1) is 6.61 Å². The fourth-order valence-corrected chi connectivity index (χ4v) is 2.35. The second kappa shape index (κ2) is 9.00. The number of morpholine rings is 1. The highest BCUT2D eigenvalue weighted by molar-refractivity contribution is 5.98. The summed E-state index contributed by atoms with van der Waals surface area (Å²) in [6.45, 7) is 3.26. The van der Waals surface area contributed by atoms with Gasteiger partial charge in [-0.1, -0.05) is 0 Å². The van der Waals surface area contributed by atoms with Crippen LogP contribution in [0.4, 0.5) is 16.2 Å². The zero-order valence-electron chi connectivity index (χ0n) is 14.1. The van der Waals surface area contributed by atoms with E-state index in [1.165, 1.54) is 0 Å². The molecule has 0 radical (unpaired) electrons. The van der Waals surface area contributed by atoms with Gasteiger partial charge in [0.15, 0.2) is 0 Å². The number of ether oxygens (including phenoxy) is 1. The standard InChI is InChI=1S/C16H23N5O4/c1-2-18-16(24)20-13(9-17)15(23)19-11-3-5-12(6-4-11)21-7-8-25-10-14(21)22/h3-6,13H,2,7-10,17H2,1H3,(H,19,23)(H2,18,20,24)/t13-/m0/s1. The van der Waals surface area contributed by atoms with E-state index in [1.54, 1.807) is 36.1 Å². The monoisotopic (exact) mass is 349 g/mol. The van der Waals surface area contributed by atoms with E-state index >= 15 is 0 Å². The van der Waals surface area contributed by atoms with Crippen molar-refractivity contribution < 1.29 is 19.1 Å². The number of nitrogens with zero attached hydrogens (tertiary/aromatic N) is 1. The minimum Gasteiger partial charge on any atom is -0.370 e. The molecule has 25 heavy (non-hydrogen) atoms. The minimum atomic E-state index is -0.841. The van der Waals surface area contributed by atoms with Crippen molar-refractivity contribution in [2.75, 3.05) is 43.1 Å². The zero-order chi connectivity index (χ0) is 18.2. The van der Waals surface area contributed by atoms with Gasteiger partial charge >= 0.3 is 6.03 Å². The number of hydrogen-bond donors (Lipinski definition) is 4. The van der Waals surface area contributed by atoms with E-state index in [1.807, 2.05) is 0 Å². The summed E-state index contributed by atoms with van der Waals surface area (Å²) >= 11 is 0. The Morgan fingerprint density at radius 2 is 2.04 bits per heavy atom. The zero-order valence-corrected chi connectivity index (χ0v) is 14.1. The Morgan fingerprint density at radius 1 is 1.32 bits per heavy atom. The molecular weight excluding hydrogens is 326 g/mol. The van der Waals surface area contributed by atoms with Crippen LogP contribution in [-0.4, -0.2) is 56.7 Å². The average molecular weight is 349 g/mol. The molecule has 0 aliphatic carbocycles. The summed E-state index contributed by atoms with van der Waals surface area (Å²) in [6, 6.07) is 5.58. The number of benzene rings is 1. The van der Waals surface area contributed by atoms with Crippen LogP contribution in [0.25, 0.3) is 0 Å². The third-order valence-electron chi connectivity index (χ3n) is 3.63. The SMILES string of the molecule is CCNC(=O)N[C@@H](CN)C(=O)Nc1ccc(N2CCOCC2=O)cc1. The van der Waals surface area contributed by atoms with Crippen molar-refractivity contribution >= 4 is 29.2 Å². The first-order chi connectivity index (χ1) is 12.0. The van der Waals surface area contributed by atoms with Crippen LogP contribution in [0.5, 0.6) is 0 Å². The second-order valence-corrected chi connectivity index (χ2v) is 5.43. The number of hydrogen-bond acceptors (Lipinski definition) is 5. The number of urea groups is 1. The number of nitrogens with two attached hydrogens (primary N) is 1. The maximum Gasteiger partial charge on any atom is 0.315 e. The Bertz CT molecular complexity index is 619. The molecule has 0 bridgehead atoms. The molecule has 1 aromatic rings. The normalized spacial score (nSPS) is 15.4. The highest BCUT2D eigenvalue weighted by atomic mass is 16.5. The lowest BCUT2D eigenvalue weighted by Gasteiger charge is -2.27. The van der Waals surface area contributed by atoms with Crippen molar-refractivity contribution in [1.29, 1.82) is 0 Å². The van der Waals surface area contributed by atoms with Crippen molar-refractivity contribution in [3.63, 3.8) is 0 Å². The van der Waals surface area contributed by atoms with Crippen LogP contribution in [0.1, 0.15) is 6.92 Å². The molecule has 136 valence electrons. The van der Waals surface area contributed by atoms with E-state index in [2.05, 4.69) is 16.0 Å². The van der Waals surface area contributed by atoms with Gasteiger partial charge < -0.3 is 31.3 Å². The Labute approximate surface area is 145 Å². The molecule has 2 rings (SSSR count). The van der Waals surface area contributed by atoms with Crippen LogP contribution in [-0.2, 0) is 14.3 Å². The summed E-state index contributed by atoms with van der Waals surface area (Å²) in [5, 5.41) is 7.74. The third kappa shape index (κ3) is 5.16. The van der Waals surface area contributed by atoms with Crippen molar-refractivity contribution in [3.05, 3.63) is 24.3 Å². The fourth-order valence-electron chi connectivity index (χ4n) is 2.35. The quantitative estimate of drug-likeness (QED) is 0.558. The topological polar surface area (TPSA) is 126 Å². The predicted molar refractivity (Wildman–Crippen MR) is 93.3 cm³/mol. The molecule has 0 saturated carbocycles. The summed E-state index contributed by atoms with van der Waals surface area (Å²) in [4.78, 5) is 37.2. The van der Waals surface area contributed by atoms with E-state index < -0.39 is 18.0 Å². The first kappa shape index (κ1) is 18.7. The summed E-state index contributed by atoms with van der Waals surface area (Å²) in [7, 11) is 0. The predicted octanol–water partition coefficient (Wildman–Crippen LogP) is -0.365. The molecule has 1 aliphatic heterocycles. The van der Waals surface area contributed by atoms with Gasteiger partial charge in [0.2, 0.25) is 5.91 Å². The van der Waals surface area contributed by atoms with E-state index in [-0.39, 0.29) is 19.1 Å². The highest BCUT2D eigenvalue weighted by Crippen LogP contribution is 2.19. The van der Waals surface area contributed by atoms with Gasteiger partial charge in [-0.05, 0) is 31.2 Å². The first-order valence-electron chi connectivity index (χ1n) is 8.08. The van der Waals surface area contributed by atoms with E-state index in [9.17, 15) is 14.4 Å². The fraction of sp³-hybridized carbons (Fsp3) is 0.438. The molecule has 1 heterocycles. The Kier molecular flexibility index (Phi) is 6.72. The summed E-state index contributed by atoms with van der Waals surface area (Å²) in [5.41, 5.74) is 6.83. The lowest BCUT2D eigenvalue weighted by Crippen LogP contribution is -2.51. The molecule has 4 amide bonds. The van der Waals surface area contributed by atoms with Gasteiger partial charge in [-0.15, -0.1) is 0 Å². The highest BCUT2D eigenvalue weighted by Gasteiger charge is 2.21. The van der Waals surface area contributed by atoms with Crippen LogP contribution in [0.2, 0.25) is 0 Å². The Hall–Kier alpha value is -2.65. The lowest BCUT2D eigenvalue weighted by atomic mass is 10.2. The Balaban J connectivity index is 1.96. The van der Waals surface area contributed by atoms with Crippen LogP contribution >= 0.6 is 0 Å². The number of nitrogens with one attached hydrogen (secondary N) is 3. The first-order valence-corrected chi connectivity index (χ1v) is 8.08. The average Bonchev–Trinajstić information content (AvgIpc) is 2.61. The van der Waals surface area contributed by atoms with E-state index in [4.69, 9.17) is 10.5 Å². The summed E-state index contributed by atoms with van der Waals surface area (Å²) in [5.74, 6) is -0.513. The molecule has 5 N–H and O–H groups in total. The molecule has 1 atom stereocenters. The van der Waals surface area contributed by atoms with E-state index in [0.717, 1.165) is 5.69 Å². The summed E-state index contributed by atoms with van der Waals surface area (Å²) < 4.78 is 5.10. The van der Waals surface area contributed by atoms with Gasteiger partial charge in [-0.25, -0.2) is 4.79 Å². The van der Waals surface area contributed by atoms with Crippen LogP contribution < -0.4 is 26.6 Å². The number of anilines is 2. The molecule has 1 fully saturated rings. The molecule has 9 heteroatoms. The molecule has 0 aromatic heterocycles. The molecule has 1 aliphatic rings. The van der Waals surface area contributed by atoms with Crippen LogP contribution in [0.3, 0.4) is 0 Å². The number of carbonyl (C=O) groups is 3. The minimum absolute atomic E-state index is 0.0245. The molecule has 9 nitrogen and oxygen atoms in total. The van der Waals surface area contributed by atoms with E-state index in [0.29, 0.717) is 25.4 Å². The number of carbonyl (C=O) groups excluding carboxylic acids is 3. The smallest absolute Gasteiger partial charge is 0.315 e. The third-order valence-corrected chi connectivity index (χ3v) is 3.63. The van der Waals surface area contributed by atoms with Crippen LogP contribution in [0, 0.1) is 0 Å². The molecule has 0 spiro atoms. The number of rotatable bonds is 6. The maximum absolute atomic E-state index is 12.2. The second-order valence-electron chi connectivity index (χ2n) is 5.43. The van der Waals surface area contributed by atoms with Crippen molar-refractivity contribution in [2.24, 2.45) is 5.73 Å². The maximum atomic E-state index is 12.2. The molecule has 0 unspecified atom stereocenters. The van der Waals surface area contributed by atoms with Crippen molar-refractivity contribution in [3.8, 4) is 0 Å². The van der Waals surface area contributed by atoms with Crippen molar-refractivity contribution in [1.82, 2.24) is 10.6 Å².